The van der Waals surface area contributed by atoms with Crippen LogP contribution in [0.3, 0.4) is 0 Å². The number of hydrogen-bond acceptors (Lipinski definition) is 3. The average Bonchev–Trinajstić information content (AvgIpc) is 2.32. The Morgan fingerprint density at radius 3 is 2.37 bits per heavy atom. The van der Waals surface area contributed by atoms with Crippen molar-refractivity contribution < 1.29 is 0 Å². The smallest absolute Gasteiger partial charge is 0.0242 e. The van der Waals surface area contributed by atoms with Gasteiger partial charge in [0.1, 0.15) is 0 Å². The maximum absolute atomic E-state index is 3.85. The molecule has 1 aliphatic rings. The first kappa shape index (κ1) is 17.3. The summed E-state index contributed by atoms with van der Waals surface area (Å²) in [6, 6.07) is 1.37. The van der Waals surface area contributed by atoms with Gasteiger partial charge in [-0.25, -0.2) is 0 Å². The quantitative estimate of drug-likeness (QED) is 0.771. The van der Waals surface area contributed by atoms with E-state index in [4.69, 9.17) is 0 Å². The van der Waals surface area contributed by atoms with Crippen LogP contribution < -0.4 is 5.32 Å². The van der Waals surface area contributed by atoms with Crippen LogP contribution in [0.15, 0.2) is 0 Å². The van der Waals surface area contributed by atoms with Crippen molar-refractivity contribution in [2.45, 2.75) is 59.0 Å². The van der Waals surface area contributed by atoms with E-state index >= 15 is 0 Å². The number of rotatable bonds is 7. The molecule has 0 bridgehead atoms. The summed E-state index contributed by atoms with van der Waals surface area (Å²) < 4.78 is 0. The Hall–Kier alpha value is 0.270. The third-order valence-corrected chi connectivity index (χ3v) is 6.11. The zero-order valence-electron chi connectivity index (χ0n) is 13.8. The molecule has 3 heteroatoms. The topological polar surface area (TPSA) is 15.3 Å². The van der Waals surface area contributed by atoms with E-state index in [2.05, 4.69) is 63.8 Å². The van der Waals surface area contributed by atoms with Crippen LogP contribution >= 0.6 is 11.8 Å². The van der Waals surface area contributed by atoms with E-state index in [1.165, 1.54) is 30.8 Å². The van der Waals surface area contributed by atoms with Crippen LogP contribution in [0.5, 0.6) is 0 Å². The van der Waals surface area contributed by atoms with E-state index < -0.39 is 0 Å². The fourth-order valence-corrected chi connectivity index (χ4v) is 4.59. The van der Waals surface area contributed by atoms with Gasteiger partial charge in [-0.2, -0.15) is 11.8 Å². The number of nitrogens with one attached hydrogen (secondary N) is 1. The Morgan fingerprint density at radius 1 is 1.26 bits per heavy atom. The van der Waals surface area contributed by atoms with E-state index in [1.54, 1.807) is 0 Å². The lowest BCUT2D eigenvalue weighted by Crippen LogP contribution is -2.48. The molecule has 2 atom stereocenters. The van der Waals surface area contributed by atoms with Gasteiger partial charge in [0.15, 0.2) is 0 Å². The van der Waals surface area contributed by atoms with E-state index in [9.17, 15) is 0 Å². The van der Waals surface area contributed by atoms with Gasteiger partial charge in [0, 0.05) is 24.4 Å². The van der Waals surface area contributed by atoms with Crippen LogP contribution in [0.25, 0.3) is 0 Å². The Morgan fingerprint density at radius 2 is 1.89 bits per heavy atom. The predicted octanol–water partition coefficient (Wildman–Crippen LogP) is 3.47. The standard InChI is InChI=1S/C16H34N2S/c1-7-13(8-2)15(18(5)6)10-17-14-9-16(3,4)12-19-11-14/h13-15,17H,7-12H2,1-6H3. The zero-order chi connectivity index (χ0) is 14.5. The van der Waals surface area contributed by atoms with E-state index in [0.29, 0.717) is 17.5 Å². The van der Waals surface area contributed by atoms with Gasteiger partial charge in [-0.1, -0.05) is 40.5 Å². The molecule has 0 aromatic rings. The maximum Gasteiger partial charge on any atom is 0.0242 e. The fourth-order valence-electron chi connectivity index (χ4n) is 3.28. The molecular formula is C16H34N2S. The first-order valence-corrected chi connectivity index (χ1v) is 9.02. The highest BCUT2D eigenvalue weighted by atomic mass is 32.2. The molecular weight excluding hydrogens is 252 g/mol. The molecule has 1 heterocycles. The Balaban J connectivity index is 2.47. The van der Waals surface area contributed by atoms with Gasteiger partial charge in [0.25, 0.3) is 0 Å². The first-order valence-electron chi connectivity index (χ1n) is 7.87. The second-order valence-corrected chi connectivity index (χ2v) is 8.13. The summed E-state index contributed by atoms with van der Waals surface area (Å²) in [5.41, 5.74) is 0.503. The van der Waals surface area contributed by atoms with Gasteiger partial charge >= 0.3 is 0 Å². The molecule has 0 spiro atoms. The molecule has 1 N–H and O–H groups in total. The summed E-state index contributed by atoms with van der Waals surface area (Å²) in [7, 11) is 4.45. The van der Waals surface area contributed by atoms with Crippen molar-refractivity contribution in [1.82, 2.24) is 10.2 Å². The van der Waals surface area contributed by atoms with Gasteiger partial charge in [-0.3, -0.25) is 0 Å². The number of hydrogen-bond donors (Lipinski definition) is 1. The van der Waals surface area contributed by atoms with Crippen LogP contribution in [0, 0.1) is 11.3 Å². The van der Waals surface area contributed by atoms with Crippen molar-refractivity contribution in [3.8, 4) is 0 Å². The minimum absolute atomic E-state index is 0.503. The van der Waals surface area contributed by atoms with Crippen LogP contribution in [-0.4, -0.2) is 49.1 Å². The van der Waals surface area contributed by atoms with Crippen molar-refractivity contribution in [2.24, 2.45) is 11.3 Å². The molecule has 1 saturated heterocycles. The SMILES string of the molecule is CCC(CC)C(CNC1CSCC(C)(C)C1)N(C)C. The molecule has 0 aliphatic carbocycles. The van der Waals surface area contributed by atoms with Gasteiger partial charge in [-0.05, 0) is 37.6 Å². The third-order valence-electron chi connectivity index (χ3n) is 4.48. The second-order valence-electron chi connectivity index (χ2n) is 7.10. The molecule has 114 valence electrons. The largest absolute Gasteiger partial charge is 0.312 e. The summed E-state index contributed by atoms with van der Waals surface area (Å²) in [5.74, 6) is 3.41. The average molecular weight is 287 g/mol. The van der Waals surface area contributed by atoms with E-state index in [-0.39, 0.29) is 0 Å². The minimum Gasteiger partial charge on any atom is -0.312 e. The van der Waals surface area contributed by atoms with Crippen LogP contribution in [0.2, 0.25) is 0 Å². The Labute approximate surface area is 125 Å². The highest BCUT2D eigenvalue weighted by molar-refractivity contribution is 7.99. The normalized spacial score (nSPS) is 24.9. The molecule has 19 heavy (non-hydrogen) atoms. The van der Waals surface area contributed by atoms with Crippen LogP contribution in [-0.2, 0) is 0 Å². The number of nitrogens with zero attached hydrogens (tertiary/aromatic N) is 1. The monoisotopic (exact) mass is 286 g/mol. The Bertz CT molecular complexity index is 249. The van der Waals surface area contributed by atoms with Gasteiger partial charge in [0.2, 0.25) is 0 Å². The minimum atomic E-state index is 0.503. The van der Waals surface area contributed by atoms with Crippen molar-refractivity contribution in [2.75, 3.05) is 32.1 Å². The molecule has 0 saturated carbocycles. The number of thioether (sulfide) groups is 1. The van der Waals surface area contributed by atoms with Gasteiger partial charge in [0.05, 0.1) is 0 Å². The molecule has 1 fully saturated rings. The Kier molecular flexibility index (Phi) is 7.20. The second kappa shape index (κ2) is 7.90. The summed E-state index contributed by atoms with van der Waals surface area (Å²) in [6.45, 7) is 10.6. The third kappa shape index (κ3) is 5.65. The molecule has 1 aliphatic heterocycles. The van der Waals surface area contributed by atoms with Crippen molar-refractivity contribution in [3.05, 3.63) is 0 Å². The highest BCUT2D eigenvalue weighted by Crippen LogP contribution is 2.33. The number of likely N-dealkylation sites (N-methyl/N-ethyl adjacent to an activating group) is 1. The fraction of sp³-hybridized carbons (Fsp3) is 1.00. The summed E-state index contributed by atoms with van der Waals surface area (Å²) in [4.78, 5) is 2.41. The van der Waals surface area contributed by atoms with E-state index in [0.717, 1.165) is 12.5 Å². The van der Waals surface area contributed by atoms with Gasteiger partial charge < -0.3 is 10.2 Å². The maximum atomic E-state index is 3.85. The molecule has 0 amide bonds. The van der Waals surface area contributed by atoms with Crippen LogP contribution in [0.4, 0.5) is 0 Å². The molecule has 2 nitrogen and oxygen atoms in total. The molecule has 0 radical (unpaired) electrons. The molecule has 1 rings (SSSR count). The zero-order valence-corrected chi connectivity index (χ0v) is 14.6. The lowest BCUT2D eigenvalue weighted by molar-refractivity contribution is 0.185. The predicted molar refractivity (Wildman–Crippen MR) is 89.1 cm³/mol. The summed E-state index contributed by atoms with van der Waals surface area (Å²) in [6.07, 6.45) is 3.89. The van der Waals surface area contributed by atoms with Crippen LogP contribution in [0.1, 0.15) is 47.0 Å². The summed E-state index contributed by atoms with van der Waals surface area (Å²) >= 11 is 2.11. The lowest BCUT2D eigenvalue weighted by Gasteiger charge is -2.38. The first-order chi connectivity index (χ1) is 8.89. The van der Waals surface area contributed by atoms with E-state index in [1.807, 2.05) is 0 Å². The molecule has 0 aromatic carbocycles. The van der Waals surface area contributed by atoms with Crippen molar-refractivity contribution in [3.63, 3.8) is 0 Å². The van der Waals surface area contributed by atoms with Gasteiger partial charge in [-0.15, -0.1) is 0 Å². The molecule has 2 unspecified atom stereocenters. The highest BCUT2D eigenvalue weighted by Gasteiger charge is 2.29. The molecule has 0 aromatic heterocycles. The van der Waals surface area contributed by atoms with Crippen molar-refractivity contribution >= 4 is 11.8 Å². The lowest BCUT2D eigenvalue weighted by atomic mass is 9.87. The summed E-state index contributed by atoms with van der Waals surface area (Å²) in [5, 5.41) is 3.85. The van der Waals surface area contributed by atoms with Crippen molar-refractivity contribution in [1.29, 1.82) is 0 Å².